The Bertz CT molecular complexity index is 289. The van der Waals surface area contributed by atoms with Gasteiger partial charge in [-0.05, 0) is 17.7 Å². The molecule has 0 aromatic heterocycles. The zero-order valence-electron chi connectivity index (χ0n) is 7.64. The van der Waals surface area contributed by atoms with Crippen LogP contribution >= 0.6 is 11.6 Å². The fourth-order valence-electron chi connectivity index (χ4n) is 0.908. The predicted octanol–water partition coefficient (Wildman–Crippen LogP) is 2.05. The van der Waals surface area contributed by atoms with Gasteiger partial charge in [0.2, 0.25) is 0 Å². The van der Waals surface area contributed by atoms with Crippen LogP contribution in [0.3, 0.4) is 0 Å². The van der Waals surface area contributed by atoms with Crippen LogP contribution in [0, 0.1) is 5.82 Å². The minimum Gasteiger partial charge on any atom is -0.251 e. The Kier molecular flexibility index (Phi) is 3.66. The first-order valence-corrected chi connectivity index (χ1v) is 4.32. The minimum absolute atomic E-state index is 0.307. The molecule has 1 aromatic rings. The van der Waals surface area contributed by atoms with Gasteiger partial charge >= 0.3 is 0 Å². The molecule has 0 aliphatic carbocycles. The monoisotopic (exact) mass is 202 g/mol. The Balaban J connectivity index is 2.67. The van der Waals surface area contributed by atoms with Crippen LogP contribution in [0.2, 0.25) is 5.02 Å². The molecular weight excluding hydrogens is 191 g/mol. The smallest absolute Gasteiger partial charge is 0.124 e. The Morgan fingerprint density at radius 3 is 2.69 bits per heavy atom. The van der Waals surface area contributed by atoms with Crippen LogP contribution in [-0.4, -0.2) is 19.1 Å². The summed E-state index contributed by atoms with van der Waals surface area (Å²) < 4.78 is 12.6. The van der Waals surface area contributed by atoms with Crippen molar-refractivity contribution in [3.63, 3.8) is 0 Å². The Morgan fingerprint density at radius 1 is 1.46 bits per heavy atom. The van der Waals surface area contributed by atoms with Crippen molar-refractivity contribution in [3.05, 3.63) is 34.6 Å². The highest BCUT2D eigenvalue weighted by molar-refractivity contribution is 6.31. The molecule has 1 N–H and O–H groups in total. The number of hydrogen-bond acceptors (Lipinski definition) is 2. The molecule has 0 aliphatic heterocycles. The molecule has 0 bridgehead atoms. The largest absolute Gasteiger partial charge is 0.251 e. The lowest BCUT2D eigenvalue weighted by atomic mass is 10.2. The summed E-state index contributed by atoms with van der Waals surface area (Å²) in [5.74, 6) is -0.307. The van der Waals surface area contributed by atoms with E-state index in [2.05, 4.69) is 5.43 Å². The second-order valence-electron chi connectivity index (χ2n) is 2.97. The molecule has 0 amide bonds. The van der Waals surface area contributed by atoms with Gasteiger partial charge in [-0.3, -0.25) is 10.4 Å². The van der Waals surface area contributed by atoms with E-state index in [0.717, 1.165) is 5.56 Å². The van der Waals surface area contributed by atoms with Crippen molar-refractivity contribution < 1.29 is 4.39 Å². The fourth-order valence-corrected chi connectivity index (χ4v) is 1.14. The number of hydrazine groups is 1. The SMILES string of the molecule is CN(C)NCc1ccc(F)cc1Cl. The molecule has 72 valence electrons. The van der Waals surface area contributed by atoms with E-state index in [9.17, 15) is 4.39 Å². The third kappa shape index (κ3) is 3.30. The van der Waals surface area contributed by atoms with E-state index in [-0.39, 0.29) is 5.82 Å². The summed E-state index contributed by atoms with van der Waals surface area (Å²) in [6.07, 6.45) is 0. The van der Waals surface area contributed by atoms with Crippen molar-refractivity contribution in [3.8, 4) is 0 Å². The van der Waals surface area contributed by atoms with Gasteiger partial charge in [-0.25, -0.2) is 4.39 Å². The Labute approximate surface area is 82.3 Å². The van der Waals surface area contributed by atoms with Crippen LogP contribution in [-0.2, 0) is 6.54 Å². The quantitative estimate of drug-likeness (QED) is 0.755. The summed E-state index contributed by atoms with van der Waals surface area (Å²) in [6, 6.07) is 4.39. The molecular formula is C9H12ClFN2. The molecule has 0 radical (unpaired) electrons. The van der Waals surface area contributed by atoms with Crippen LogP contribution in [0.15, 0.2) is 18.2 Å². The van der Waals surface area contributed by atoms with Gasteiger partial charge in [-0.1, -0.05) is 17.7 Å². The van der Waals surface area contributed by atoms with Gasteiger partial charge in [0.1, 0.15) is 5.82 Å². The lowest BCUT2D eigenvalue weighted by Crippen LogP contribution is -2.29. The average molecular weight is 203 g/mol. The van der Waals surface area contributed by atoms with Crippen molar-refractivity contribution in [2.45, 2.75) is 6.54 Å². The maximum Gasteiger partial charge on any atom is 0.124 e. The van der Waals surface area contributed by atoms with E-state index in [0.29, 0.717) is 11.6 Å². The molecule has 0 saturated heterocycles. The highest BCUT2D eigenvalue weighted by atomic mass is 35.5. The molecule has 0 fully saturated rings. The van der Waals surface area contributed by atoms with Gasteiger partial charge in [-0.15, -0.1) is 0 Å². The molecule has 1 aromatic carbocycles. The first-order valence-electron chi connectivity index (χ1n) is 3.94. The van der Waals surface area contributed by atoms with E-state index in [1.54, 1.807) is 6.07 Å². The number of hydrogen-bond donors (Lipinski definition) is 1. The first-order chi connectivity index (χ1) is 6.09. The summed E-state index contributed by atoms with van der Waals surface area (Å²) in [5, 5.41) is 2.27. The number of rotatable bonds is 3. The zero-order chi connectivity index (χ0) is 9.84. The summed E-state index contributed by atoms with van der Waals surface area (Å²) in [4.78, 5) is 0. The van der Waals surface area contributed by atoms with Crippen molar-refractivity contribution in [1.29, 1.82) is 0 Å². The number of nitrogens with zero attached hydrogens (tertiary/aromatic N) is 1. The van der Waals surface area contributed by atoms with Gasteiger partial charge in [0, 0.05) is 25.7 Å². The zero-order valence-corrected chi connectivity index (χ0v) is 8.40. The van der Waals surface area contributed by atoms with Crippen LogP contribution in [0.25, 0.3) is 0 Å². The molecule has 13 heavy (non-hydrogen) atoms. The molecule has 0 saturated carbocycles. The number of nitrogens with one attached hydrogen (secondary N) is 1. The molecule has 0 atom stereocenters. The van der Waals surface area contributed by atoms with Crippen molar-refractivity contribution >= 4 is 11.6 Å². The number of benzene rings is 1. The summed E-state index contributed by atoms with van der Waals surface area (Å²) >= 11 is 5.81. The third-order valence-electron chi connectivity index (χ3n) is 1.60. The van der Waals surface area contributed by atoms with Gasteiger partial charge < -0.3 is 0 Å². The fraction of sp³-hybridized carbons (Fsp3) is 0.333. The molecule has 2 nitrogen and oxygen atoms in total. The van der Waals surface area contributed by atoms with Gasteiger partial charge in [0.25, 0.3) is 0 Å². The highest BCUT2D eigenvalue weighted by Crippen LogP contribution is 2.16. The van der Waals surface area contributed by atoms with Crippen molar-refractivity contribution in [2.75, 3.05) is 14.1 Å². The predicted molar refractivity (Wildman–Crippen MR) is 51.9 cm³/mol. The summed E-state index contributed by atoms with van der Waals surface area (Å²) in [6.45, 7) is 0.603. The molecule has 0 heterocycles. The number of halogens is 2. The second kappa shape index (κ2) is 4.56. The molecule has 0 aliphatic rings. The van der Waals surface area contributed by atoms with Gasteiger partial charge in [0.15, 0.2) is 0 Å². The minimum atomic E-state index is -0.307. The van der Waals surface area contributed by atoms with Crippen LogP contribution in [0.5, 0.6) is 0 Å². The average Bonchev–Trinajstić information content (AvgIpc) is 2.02. The summed E-state index contributed by atoms with van der Waals surface area (Å²) in [5.41, 5.74) is 3.93. The normalized spacial score (nSPS) is 10.8. The summed E-state index contributed by atoms with van der Waals surface area (Å²) in [7, 11) is 3.77. The van der Waals surface area contributed by atoms with Crippen molar-refractivity contribution in [2.24, 2.45) is 0 Å². The highest BCUT2D eigenvalue weighted by Gasteiger charge is 2.01. The first kappa shape index (κ1) is 10.4. The maximum absolute atomic E-state index is 12.6. The lowest BCUT2D eigenvalue weighted by Gasteiger charge is -2.12. The topological polar surface area (TPSA) is 15.3 Å². The molecule has 1 rings (SSSR count). The standard InChI is InChI=1S/C9H12ClFN2/c1-13(2)12-6-7-3-4-8(11)5-9(7)10/h3-5,12H,6H2,1-2H3. The Morgan fingerprint density at radius 2 is 2.15 bits per heavy atom. The van der Waals surface area contributed by atoms with Crippen LogP contribution < -0.4 is 5.43 Å². The third-order valence-corrected chi connectivity index (χ3v) is 1.95. The van der Waals surface area contributed by atoms with E-state index in [1.165, 1.54) is 12.1 Å². The van der Waals surface area contributed by atoms with E-state index in [1.807, 2.05) is 19.1 Å². The van der Waals surface area contributed by atoms with E-state index >= 15 is 0 Å². The molecule has 0 unspecified atom stereocenters. The van der Waals surface area contributed by atoms with Crippen LogP contribution in [0.4, 0.5) is 4.39 Å². The maximum atomic E-state index is 12.6. The van der Waals surface area contributed by atoms with Crippen LogP contribution in [0.1, 0.15) is 5.56 Å². The second-order valence-corrected chi connectivity index (χ2v) is 3.37. The molecule has 4 heteroatoms. The molecule has 0 spiro atoms. The van der Waals surface area contributed by atoms with E-state index in [4.69, 9.17) is 11.6 Å². The lowest BCUT2D eigenvalue weighted by molar-refractivity contribution is 0.286. The Hall–Kier alpha value is -0.640. The van der Waals surface area contributed by atoms with Gasteiger partial charge in [0.05, 0.1) is 0 Å². The van der Waals surface area contributed by atoms with Crippen molar-refractivity contribution in [1.82, 2.24) is 10.4 Å². The van der Waals surface area contributed by atoms with Gasteiger partial charge in [-0.2, -0.15) is 0 Å². The van der Waals surface area contributed by atoms with E-state index < -0.39 is 0 Å².